The summed E-state index contributed by atoms with van der Waals surface area (Å²) >= 11 is 0. The second-order valence-electron chi connectivity index (χ2n) is 5.24. The monoisotopic (exact) mass is 257 g/mol. The van der Waals surface area contributed by atoms with E-state index in [4.69, 9.17) is 4.52 Å². The van der Waals surface area contributed by atoms with Crippen molar-refractivity contribution >= 4 is 0 Å². The maximum Gasteiger partial charge on any atom is 0.223 e. The van der Waals surface area contributed by atoms with Crippen molar-refractivity contribution in [3.63, 3.8) is 0 Å². The molecule has 0 radical (unpaired) electrons. The van der Waals surface area contributed by atoms with Crippen molar-refractivity contribution in [3.8, 4) is 0 Å². The van der Waals surface area contributed by atoms with E-state index in [1.165, 1.54) is 18.4 Å². The Bertz CT molecular complexity index is 519. The number of aryl methyl sites for hydroxylation is 1. The Balaban J connectivity index is 1.59. The van der Waals surface area contributed by atoms with Gasteiger partial charge in [-0.1, -0.05) is 35.5 Å². The minimum Gasteiger partial charge on any atom is -0.340 e. The van der Waals surface area contributed by atoms with Crippen LogP contribution in [0.5, 0.6) is 0 Å². The Kier molecular flexibility index (Phi) is 3.60. The molecule has 0 bridgehead atoms. The number of hydrogen-bond donors (Lipinski definition) is 1. The summed E-state index contributed by atoms with van der Waals surface area (Å²) in [4.78, 5) is 4.23. The van der Waals surface area contributed by atoms with Crippen LogP contribution < -0.4 is 5.32 Å². The lowest BCUT2D eigenvalue weighted by Crippen LogP contribution is -2.33. The highest BCUT2D eigenvalue weighted by molar-refractivity contribution is 5.16. The Morgan fingerprint density at radius 3 is 2.74 bits per heavy atom. The van der Waals surface area contributed by atoms with Crippen molar-refractivity contribution in [2.75, 3.05) is 0 Å². The second kappa shape index (κ2) is 5.53. The second-order valence-corrected chi connectivity index (χ2v) is 5.24. The lowest BCUT2D eigenvalue weighted by atomic mass is 10.0. The van der Waals surface area contributed by atoms with Crippen molar-refractivity contribution in [1.29, 1.82) is 0 Å². The van der Waals surface area contributed by atoms with Crippen LogP contribution in [0.25, 0.3) is 0 Å². The van der Waals surface area contributed by atoms with Crippen LogP contribution in [0.15, 0.2) is 34.9 Å². The van der Waals surface area contributed by atoms with Gasteiger partial charge < -0.3 is 9.84 Å². The van der Waals surface area contributed by atoms with Crippen LogP contribution in [0.1, 0.15) is 30.1 Å². The third kappa shape index (κ3) is 3.41. The van der Waals surface area contributed by atoms with E-state index in [0.29, 0.717) is 18.5 Å². The maximum absolute atomic E-state index is 4.99. The van der Waals surface area contributed by atoms with Crippen LogP contribution in [0.3, 0.4) is 0 Å². The van der Waals surface area contributed by atoms with Crippen LogP contribution in [-0.4, -0.2) is 16.2 Å². The largest absolute Gasteiger partial charge is 0.340 e. The smallest absolute Gasteiger partial charge is 0.223 e. The Hall–Kier alpha value is -1.68. The molecule has 1 aliphatic rings. The summed E-state index contributed by atoms with van der Waals surface area (Å²) in [6.07, 6.45) is 3.73. The fraction of sp³-hybridized carbons (Fsp3) is 0.467. The quantitative estimate of drug-likeness (QED) is 0.863. The molecule has 0 aliphatic heterocycles. The minimum absolute atomic E-state index is 0.515. The fourth-order valence-corrected chi connectivity index (χ4v) is 2.41. The number of rotatable bonds is 6. The summed E-state index contributed by atoms with van der Waals surface area (Å²) in [6, 6.07) is 11.2. The van der Waals surface area contributed by atoms with Gasteiger partial charge in [-0.15, -0.1) is 0 Å². The molecule has 0 amide bonds. The minimum atomic E-state index is 0.515. The van der Waals surface area contributed by atoms with Crippen LogP contribution in [-0.2, 0) is 13.0 Å². The molecule has 3 rings (SSSR count). The molecule has 19 heavy (non-hydrogen) atoms. The van der Waals surface area contributed by atoms with Crippen molar-refractivity contribution in [2.24, 2.45) is 5.92 Å². The third-order valence-electron chi connectivity index (χ3n) is 3.58. The van der Waals surface area contributed by atoms with Crippen LogP contribution >= 0.6 is 0 Å². The fourth-order valence-electron chi connectivity index (χ4n) is 2.41. The molecule has 1 aromatic heterocycles. The first kappa shape index (κ1) is 12.4. The van der Waals surface area contributed by atoms with E-state index in [2.05, 4.69) is 45.8 Å². The predicted octanol–water partition coefficient (Wildman–Crippen LogP) is 2.49. The highest BCUT2D eigenvalue weighted by atomic mass is 16.5. The van der Waals surface area contributed by atoms with Crippen LogP contribution in [0.2, 0.25) is 0 Å². The lowest BCUT2D eigenvalue weighted by Gasteiger charge is -2.17. The van der Waals surface area contributed by atoms with E-state index in [-0.39, 0.29) is 0 Å². The summed E-state index contributed by atoms with van der Waals surface area (Å²) in [7, 11) is 0. The van der Waals surface area contributed by atoms with Gasteiger partial charge in [0.05, 0.1) is 6.54 Å². The SMILES string of the molecule is Cc1nc(CN[C@@H](Cc2ccccc2)C2CC2)no1. The van der Waals surface area contributed by atoms with Gasteiger partial charge in [-0.2, -0.15) is 4.98 Å². The van der Waals surface area contributed by atoms with E-state index in [1.54, 1.807) is 0 Å². The Labute approximate surface area is 113 Å². The molecule has 1 N–H and O–H groups in total. The standard InChI is InChI=1S/C15H19N3O/c1-11-17-15(18-19-11)10-16-14(13-7-8-13)9-12-5-3-2-4-6-12/h2-6,13-14,16H,7-10H2,1H3/t14-/m0/s1. The zero-order valence-electron chi connectivity index (χ0n) is 11.2. The van der Waals surface area contributed by atoms with E-state index in [1.807, 2.05) is 6.92 Å². The van der Waals surface area contributed by atoms with Crippen LogP contribution in [0, 0.1) is 12.8 Å². The van der Waals surface area contributed by atoms with Crippen LogP contribution in [0.4, 0.5) is 0 Å². The first-order valence-corrected chi connectivity index (χ1v) is 6.88. The van der Waals surface area contributed by atoms with Crippen molar-refractivity contribution in [1.82, 2.24) is 15.5 Å². The molecule has 2 aromatic rings. The van der Waals surface area contributed by atoms with Gasteiger partial charge in [0, 0.05) is 13.0 Å². The topological polar surface area (TPSA) is 51.0 Å². The van der Waals surface area contributed by atoms with Crippen molar-refractivity contribution in [3.05, 3.63) is 47.6 Å². The zero-order chi connectivity index (χ0) is 13.1. The molecule has 0 saturated heterocycles. The number of nitrogens with zero attached hydrogens (tertiary/aromatic N) is 2. The number of aromatic nitrogens is 2. The molecule has 1 saturated carbocycles. The first-order chi connectivity index (χ1) is 9.31. The molecule has 100 valence electrons. The highest BCUT2D eigenvalue weighted by Gasteiger charge is 2.31. The highest BCUT2D eigenvalue weighted by Crippen LogP contribution is 2.34. The van der Waals surface area contributed by atoms with E-state index >= 15 is 0 Å². The maximum atomic E-state index is 4.99. The lowest BCUT2D eigenvalue weighted by molar-refractivity contribution is 0.380. The molecule has 4 heteroatoms. The van der Waals surface area contributed by atoms with E-state index < -0.39 is 0 Å². The molecule has 1 fully saturated rings. The molecule has 1 aliphatic carbocycles. The Morgan fingerprint density at radius 2 is 2.11 bits per heavy atom. The predicted molar refractivity (Wildman–Crippen MR) is 72.5 cm³/mol. The van der Waals surface area contributed by atoms with Gasteiger partial charge >= 0.3 is 0 Å². The van der Waals surface area contributed by atoms with Gasteiger partial charge in [-0.05, 0) is 30.7 Å². The van der Waals surface area contributed by atoms with Gasteiger partial charge in [0.2, 0.25) is 5.89 Å². The number of hydrogen-bond acceptors (Lipinski definition) is 4. The molecule has 1 heterocycles. The molecule has 0 spiro atoms. The Morgan fingerprint density at radius 1 is 1.32 bits per heavy atom. The summed E-state index contributed by atoms with van der Waals surface area (Å²) in [5.41, 5.74) is 1.39. The number of benzene rings is 1. The van der Waals surface area contributed by atoms with Crippen molar-refractivity contribution < 1.29 is 4.52 Å². The molecule has 1 atom stereocenters. The molecule has 0 unspecified atom stereocenters. The molecule has 4 nitrogen and oxygen atoms in total. The average molecular weight is 257 g/mol. The first-order valence-electron chi connectivity index (χ1n) is 6.88. The average Bonchev–Trinajstić information content (AvgIpc) is 3.19. The van der Waals surface area contributed by atoms with E-state index in [9.17, 15) is 0 Å². The molecular weight excluding hydrogens is 238 g/mol. The summed E-state index contributed by atoms with van der Waals surface area (Å²) in [5.74, 6) is 2.17. The molecule has 1 aromatic carbocycles. The van der Waals surface area contributed by atoms with Gasteiger partial charge in [-0.25, -0.2) is 0 Å². The van der Waals surface area contributed by atoms with Gasteiger partial charge in [0.1, 0.15) is 0 Å². The summed E-state index contributed by atoms with van der Waals surface area (Å²) < 4.78 is 4.99. The summed E-state index contributed by atoms with van der Waals surface area (Å²) in [5, 5.41) is 7.50. The molecular formula is C15H19N3O. The van der Waals surface area contributed by atoms with Gasteiger partial charge in [-0.3, -0.25) is 0 Å². The van der Waals surface area contributed by atoms with Gasteiger partial charge in [0.15, 0.2) is 5.82 Å². The van der Waals surface area contributed by atoms with Crippen molar-refractivity contribution in [2.45, 2.75) is 38.8 Å². The third-order valence-corrected chi connectivity index (χ3v) is 3.58. The normalized spacial score (nSPS) is 16.5. The summed E-state index contributed by atoms with van der Waals surface area (Å²) in [6.45, 7) is 2.50. The zero-order valence-corrected chi connectivity index (χ0v) is 11.2. The number of nitrogens with one attached hydrogen (secondary N) is 1. The van der Waals surface area contributed by atoms with E-state index in [0.717, 1.165) is 18.2 Å². The van der Waals surface area contributed by atoms with Gasteiger partial charge in [0.25, 0.3) is 0 Å².